The highest BCUT2D eigenvalue weighted by atomic mass is 19.4. The maximum atomic E-state index is 13.8. The zero-order chi connectivity index (χ0) is 19.6. The van der Waals surface area contributed by atoms with Crippen molar-refractivity contribution in [3.63, 3.8) is 0 Å². The van der Waals surface area contributed by atoms with Gasteiger partial charge < -0.3 is 14.5 Å². The molecule has 0 spiro atoms. The first-order valence-corrected chi connectivity index (χ1v) is 7.85. The molecule has 0 unspecified atom stereocenters. The lowest BCUT2D eigenvalue weighted by Crippen LogP contribution is -2.24. The van der Waals surface area contributed by atoms with Crippen molar-refractivity contribution >= 4 is 16.9 Å². The van der Waals surface area contributed by atoms with E-state index in [9.17, 15) is 22.4 Å². The van der Waals surface area contributed by atoms with E-state index in [0.717, 1.165) is 0 Å². The number of benzene rings is 1. The van der Waals surface area contributed by atoms with E-state index in [0.29, 0.717) is 10.9 Å². The average molecular weight is 382 g/mol. The molecule has 0 aliphatic heterocycles. The van der Waals surface area contributed by atoms with Gasteiger partial charge in [0, 0.05) is 29.3 Å². The lowest BCUT2D eigenvalue weighted by molar-refractivity contribution is -0.154. The van der Waals surface area contributed by atoms with Crippen LogP contribution in [0.4, 0.5) is 17.6 Å². The Bertz CT molecular complexity index is 982. The van der Waals surface area contributed by atoms with Crippen LogP contribution in [0.1, 0.15) is 21.7 Å². The highest BCUT2D eigenvalue weighted by Gasteiger charge is 2.29. The van der Waals surface area contributed by atoms with Crippen LogP contribution in [0.25, 0.3) is 11.0 Å². The molecule has 0 saturated heterocycles. The van der Waals surface area contributed by atoms with Crippen molar-refractivity contribution in [2.75, 3.05) is 6.61 Å². The van der Waals surface area contributed by atoms with Crippen LogP contribution in [-0.4, -0.2) is 23.7 Å². The van der Waals surface area contributed by atoms with Gasteiger partial charge in [-0.1, -0.05) is 18.2 Å². The summed E-state index contributed by atoms with van der Waals surface area (Å²) >= 11 is 0. The molecule has 1 amide bonds. The second-order valence-electron chi connectivity index (χ2n) is 5.73. The van der Waals surface area contributed by atoms with Crippen LogP contribution in [0.5, 0.6) is 5.88 Å². The molecule has 0 fully saturated rings. The van der Waals surface area contributed by atoms with Gasteiger partial charge in [-0.25, -0.2) is 9.37 Å². The smallest absolute Gasteiger partial charge is 0.422 e. The molecular weight excluding hydrogens is 368 g/mol. The average Bonchev–Trinajstić information content (AvgIpc) is 2.96. The number of hydrogen-bond donors (Lipinski definition) is 1. The SMILES string of the molecule is Cc1c(C(=O)NCc2cccnc2OCC(F)(F)F)oc2c(F)cccc12. The molecule has 3 aromatic rings. The molecule has 0 bridgehead atoms. The molecule has 1 aromatic carbocycles. The number of hydrogen-bond acceptors (Lipinski definition) is 4. The van der Waals surface area contributed by atoms with E-state index >= 15 is 0 Å². The summed E-state index contributed by atoms with van der Waals surface area (Å²) in [6.45, 7) is -0.0200. The Balaban J connectivity index is 1.75. The summed E-state index contributed by atoms with van der Waals surface area (Å²) in [4.78, 5) is 16.1. The van der Waals surface area contributed by atoms with Crippen molar-refractivity contribution in [2.45, 2.75) is 19.6 Å². The summed E-state index contributed by atoms with van der Waals surface area (Å²) in [7, 11) is 0. The standard InChI is InChI=1S/C18H14F4N2O3/c1-10-12-5-2-6-13(19)15(12)27-14(10)16(25)24-8-11-4-3-7-23-17(11)26-9-18(20,21)22/h2-7H,8-9H2,1H3,(H,24,25). The molecule has 3 rings (SSSR count). The number of aromatic nitrogens is 1. The third kappa shape index (κ3) is 4.18. The van der Waals surface area contributed by atoms with Crippen LogP contribution in [0.3, 0.4) is 0 Å². The van der Waals surface area contributed by atoms with E-state index in [1.165, 1.54) is 30.5 Å². The third-order valence-corrected chi connectivity index (χ3v) is 3.78. The Labute approximate surface area is 150 Å². The van der Waals surface area contributed by atoms with Crippen molar-refractivity contribution in [3.05, 3.63) is 59.2 Å². The highest BCUT2D eigenvalue weighted by Crippen LogP contribution is 2.27. The molecule has 0 aliphatic rings. The lowest BCUT2D eigenvalue weighted by Gasteiger charge is -2.12. The molecule has 142 valence electrons. The molecule has 5 nitrogen and oxygen atoms in total. The minimum atomic E-state index is -4.51. The van der Waals surface area contributed by atoms with Crippen molar-refractivity contribution in [3.8, 4) is 5.88 Å². The van der Waals surface area contributed by atoms with Crippen LogP contribution >= 0.6 is 0 Å². The number of nitrogens with one attached hydrogen (secondary N) is 1. The molecule has 27 heavy (non-hydrogen) atoms. The molecule has 0 saturated carbocycles. The molecular formula is C18H14F4N2O3. The van der Waals surface area contributed by atoms with Gasteiger partial charge in [0.1, 0.15) is 0 Å². The predicted octanol–water partition coefficient (Wildman–Crippen LogP) is 4.15. The fourth-order valence-electron chi connectivity index (χ4n) is 2.52. The van der Waals surface area contributed by atoms with Crippen LogP contribution in [-0.2, 0) is 6.54 Å². The largest absolute Gasteiger partial charge is 0.468 e. The van der Waals surface area contributed by atoms with Crippen molar-refractivity contribution in [1.82, 2.24) is 10.3 Å². The minimum Gasteiger partial charge on any atom is -0.468 e. The zero-order valence-corrected chi connectivity index (χ0v) is 14.1. The first-order chi connectivity index (χ1) is 12.8. The Hall–Kier alpha value is -3.10. The van der Waals surface area contributed by atoms with Crippen LogP contribution < -0.4 is 10.1 Å². The van der Waals surface area contributed by atoms with E-state index < -0.39 is 24.5 Å². The normalized spacial score (nSPS) is 11.6. The topological polar surface area (TPSA) is 64.4 Å². The fraction of sp³-hybridized carbons (Fsp3) is 0.222. The number of rotatable bonds is 5. The van der Waals surface area contributed by atoms with E-state index in [4.69, 9.17) is 4.42 Å². The van der Waals surface area contributed by atoms with E-state index in [1.807, 2.05) is 0 Å². The number of para-hydroxylation sites is 1. The summed E-state index contributed by atoms with van der Waals surface area (Å²) in [6.07, 6.45) is -3.23. The summed E-state index contributed by atoms with van der Waals surface area (Å²) in [5, 5.41) is 2.99. The quantitative estimate of drug-likeness (QED) is 0.674. The van der Waals surface area contributed by atoms with E-state index in [1.54, 1.807) is 13.0 Å². The number of carbonyl (C=O) groups is 1. The van der Waals surface area contributed by atoms with Crippen molar-refractivity contribution in [2.24, 2.45) is 0 Å². The highest BCUT2D eigenvalue weighted by molar-refractivity contribution is 5.99. The number of carbonyl (C=O) groups excluding carboxylic acids is 1. The molecule has 0 aliphatic carbocycles. The molecule has 9 heteroatoms. The predicted molar refractivity (Wildman–Crippen MR) is 87.9 cm³/mol. The van der Waals surface area contributed by atoms with Crippen molar-refractivity contribution < 1.29 is 31.5 Å². The fourth-order valence-corrected chi connectivity index (χ4v) is 2.52. The summed E-state index contributed by atoms with van der Waals surface area (Å²) in [5.74, 6) is -1.53. The Kier molecular flexibility index (Phi) is 5.02. The van der Waals surface area contributed by atoms with Gasteiger partial charge in [0.15, 0.2) is 23.8 Å². The van der Waals surface area contributed by atoms with Gasteiger partial charge in [-0.05, 0) is 19.1 Å². The van der Waals surface area contributed by atoms with E-state index in [2.05, 4.69) is 15.0 Å². The first kappa shape index (κ1) is 18.7. The minimum absolute atomic E-state index is 0.0317. The zero-order valence-electron chi connectivity index (χ0n) is 14.1. The third-order valence-electron chi connectivity index (χ3n) is 3.78. The number of furan rings is 1. The van der Waals surface area contributed by atoms with Crippen LogP contribution in [0.2, 0.25) is 0 Å². The summed E-state index contributed by atoms with van der Waals surface area (Å²) < 4.78 is 60.7. The number of halogens is 4. The monoisotopic (exact) mass is 382 g/mol. The molecule has 1 N–H and O–H groups in total. The molecule has 0 radical (unpaired) electrons. The lowest BCUT2D eigenvalue weighted by atomic mass is 10.1. The van der Waals surface area contributed by atoms with E-state index in [-0.39, 0.29) is 29.3 Å². The van der Waals surface area contributed by atoms with Gasteiger partial charge in [0.2, 0.25) is 5.88 Å². The number of alkyl halides is 3. The number of pyridine rings is 1. The summed E-state index contributed by atoms with van der Waals surface area (Å²) in [5.41, 5.74) is 0.688. The summed E-state index contributed by atoms with van der Waals surface area (Å²) in [6, 6.07) is 7.32. The number of ether oxygens (including phenoxy) is 1. The van der Waals surface area contributed by atoms with Gasteiger partial charge in [0.05, 0.1) is 0 Å². The molecule has 0 atom stereocenters. The van der Waals surface area contributed by atoms with Gasteiger partial charge >= 0.3 is 6.18 Å². The van der Waals surface area contributed by atoms with Crippen molar-refractivity contribution in [1.29, 1.82) is 0 Å². The molecule has 2 aromatic heterocycles. The number of fused-ring (bicyclic) bond motifs is 1. The number of nitrogens with zero attached hydrogens (tertiary/aromatic N) is 1. The van der Waals surface area contributed by atoms with Gasteiger partial charge in [0.25, 0.3) is 5.91 Å². The molecule has 2 heterocycles. The van der Waals surface area contributed by atoms with Crippen LogP contribution in [0.15, 0.2) is 40.9 Å². The van der Waals surface area contributed by atoms with Gasteiger partial charge in [-0.3, -0.25) is 4.79 Å². The maximum absolute atomic E-state index is 13.8. The Morgan fingerprint density at radius 1 is 1.26 bits per heavy atom. The van der Waals surface area contributed by atoms with Gasteiger partial charge in [-0.2, -0.15) is 13.2 Å². The number of aryl methyl sites for hydroxylation is 1. The van der Waals surface area contributed by atoms with Crippen LogP contribution in [0, 0.1) is 12.7 Å². The second kappa shape index (κ2) is 7.26. The number of amides is 1. The first-order valence-electron chi connectivity index (χ1n) is 7.85. The maximum Gasteiger partial charge on any atom is 0.422 e. The second-order valence-corrected chi connectivity index (χ2v) is 5.73. The Morgan fingerprint density at radius 3 is 2.74 bits per heavy atom. The van der Waals surface area contributed by atoms with Gasteiger partial charge in [-0.15, -0.1) is 0 Å². The Morgan fingerprint density at radius 2 is 2.04 bits per heavy atom.